The maximum atomic E-state index is 12.7. The standard InChI is InChI=1S/C28H31N3O/c32-28(29-27-16-8-7-15-26(27)22-25-12-5-2-6-13-25)23-31-20-18-30(19-21-31)17-9-14-24-10-3-1-4-11-24/h1-16H,17-23H2,(H,29,32)/p+2/b14-9+. The predicted molar refractivity (Wildman–Crippen MR) is 131 cm³/mol. The number of quaternary nitrogens is 2. The lowest BCUT2D eigenvalue weighted by molar-refractivity contribution is -1.01. The minimum Gasteiger partial charge on any atom is -0.322 e. The molecule has 0 radical (unpaired) electrons. The fraction of sp³-hybridized carbons (Fsp3) is 0.250. The molecule has 32 heavy (non-hydrogen) atoms. The molecule has 0 spiro atoms. The summed E-state index contributed by atoms with van der Waals surface area (Å²) in [5, 5.41) is 3.16. The molecule has 4 nitrogen and oxygen atoms in total. The van der Waals surface area contributed by atoms with E-state index in [4.69, 9.17) is 0 Å². The highest BCUT2D eigenvalue weighted by Crippen LogP contribution is 2.18. The molecule has 1 aliphatic rings. The van der Waals surface area contributed by atoms with Crippen molar-refractivity contribution in [1.29, 1.82) is 0 Å². The molecule has 0 atom stereocenters. The maximum absolute atomic E-state index is 12.7. The van der Waals surface area contributed by atoms with Gasteiger partial charge >= 0.3 is 0 Å². The van der Waals surface area contributed by atoms with Crippen molar-refractivity contribution in [1.82, 2.24) is 0 Å². The molecule has 1 saturated heterocycles. The van der Waals surface area contributed by atoms with Gasteiger partial charge < -0.3 is 15.1 Å². The highest BCUT2D eigenvalue weighted by molar-refractivity contribution is 5.92. The summed E-state index contributed by atoms with van der Waals surface area (Å²) in [7, 11) is 0. The third kappa shape index (κ3) is 6.64. The number of rotatable bonds is 8. The first kappa shape index (κ1) is 22.0. The minimum absolute atomic E-state index is 0.105. The van der Waals surface area contributed by atoms with Gasteiger partial charge in [-0.25, -0.2) is 0 Å². The maximum Gasteiger partial charge on any atom is 0.279 e. The Hall–Kier alpha value is -3.21. The molecular weight excluding hydrogens is 394 g/mol. The molecule has 0 aliphatic carbocycles. The quantitative estimate of drug-likeness (QED) is 0.503. The van der Waals surface area contributed by atoms with E-state index in [0.29, 0.717) is 6.54 Å². The number of nitrogens with one attached hydrogen (secondary N) is 3. The monoisotopic (exact) mass is 427 g/mol. The molecule has 4 heteroatoms. The van der Waals surface area contributed by atoms with Gasteiger partial charge in [-0.15, -0.1) is 0 Å². The van der Waals surface area contributed by atoms with Gasteiger partial charge in [0.15, 0.2) is 6.54 Å². The van der Waals surface area contributed by atoms with Crippen LogP contribution in [-0.2, 0) is 11.2 Å². The van der Waals surface area contributed by atoms with Gasteiger partial charge in [-0.1, -0.05) is 84.9 Å². The third-order valence-corrected chi connectivity index (χ3v) is 6.12. The lowest BCUT2D eigenvalue weighted by Crippen LogP contribution is -3.28. The van der Waals surface area contributed by atoms with E-state index in [1.54, 1.807) is 4.90 Å². The summed E-state index contributed by atoms with van der Waals surface area (Å²) in [4.78, 5) is 15.7. The molecule has 3 N–H and O–H groups in total. The number of carbonyl (C=O) groups is 1. The van der Waals surface area contributed by atoms with Crippen LogP contribution in [0.5, 0.6) is 0 Å². The molecule has 1 fully saturated rings. The average molecular weight is 428 g/mol. The molecule has 0 saturated carbocycles. The van der Waals surface area contributed by atoms with E-state index < -0.39 is 0 Å². The van der Waals surface area contributed by atoms with Gasteiger partial charge in [0.2, 0.25) is 0 Å². The molecular formula is C28H33N3O+2. The fourth-order valence-electron chi connectivity index (χ4n) is 4.30. The topological polar surface area (TPSA) is 38.0 Å². The zero-order valence-electron chi connectivity index (χ0n) is 18.6. The lowest BCUT2D eigenvalue weighted by Gasteiger charge is -2.28. The van der Waals surface area contributed by atoms with Gasteiger partial charge in [-0.3, -0.25) is 4.79 Å². The highest BCUT2D eigenvalue weighted by atomic mass is 16.2. The Morgan fingerprint density at radius 3 is 2.16 bits per heavy atom. The van der Waals surface area contributed by atoms with Gasteiger partial charge in [0.25, 0.3) is 5.91 Å². The van der Waals surface area contributed by atoms with Crippen LogP contribution in [0.4, 0.5) is 5.69 Å². The molecule has 3 aromatic carbocycles. The van der Waals surface area contributed by atoms with Crippen molar-refractivity contribution in [2.24, 2.45) is 0 Å². The van der Waals surface area contributed by atoms with Crippen LogP contribution in [0.3, 0.4) is 0 Å². The molecule has 1 heterocycles. The second-order valence-corrected chi connectivity index (χ2v) is 8.56. The lowest BCUT2D eigenvalue weighted by atomic mass is 10.0. The molecule has 0 bridgehead atoms. The number of benzene rings is 3. The number of hydrogen-bond acceptors (Lipinski definition) is 1. The normalized spacial score (nSPS) is 18.5. The van der Waals surface area contributed by atoms with Crippen LogP contribution in [0.25, 0.3) is 6.08 Å². The van der Waals surface area contributed by atoms with Gasteiger partial charge in [-0.05, 0) is 35.3 Å². The van der Waals surface area contributed by atoms with Crippen LogP contribution in [0, 0.1) is 0 Å². The van der Waals surface area contributed by atoms with Crippen LogP contribution in [0.15, 0.2) is 91.0 Å². The Morgan fingerprint density at radius 2 is 1.41 bits per heavy atom. The Labute approximate surface area is 191 Å². The number of para-hydroxylation sites is 1. The Morgan fingerprint density at radius 1 is 0.781 bits per heavy atom. The summed E-state index contributed by atoms with van der Waals surface area (Å²) in [5.74, 6) is 0.105. The van der Waals surface area contributed by atoms with E-state index in [1.165, 1.54) is 16.0 Å². The van der Waals surface area contributed by atoms with E-state index in [1.807, 2.05) is 30.3 Å². The van der Waals surface area contributed by atoms with Crippen molar-refractivity contribution in [3.05, 3.63) is 108 Å². The Kier molecular flexibility index (Phi) is 7.85. The molecule has 0 aromatic heterocycles. The largest absolute Gasteiger partial charge is 0.322 e. The van der Waals surface area contributed by atoms with Gasteiger partial charge in [0, 0.05) is 5.69 Å². The molecule has 4 rings (SSSR count). The van der Waals surface area contributed by atoms with E-state index in [2.05, 4.69) is 72.1 Å². The summed E-state index contributed by atoms with van der Waals surface area (Å²) in [6, 6.07) is 29.0. The van der Waals surface area contributed by atoms with Crippen molar-refractivity contribution in [2.45, 2.75) is 6.42 Å². The molecule has 0 unspecified atom stereocenters. The summed E-state index contributed by atoms with van der Waals surface area (Å²) >= 11 is 0. The number of piperazine rings is 1. The summed E-state index contributed by atoms with van der Waals surface area (Å²) in [6.45, 7) is 5.86. The van der Waals surface area contributed by atoms with Crippen molar-refractivity contribution in [3.63, 3.8) is 0 Å². The van der Waals surface area contributed by atoms with Gasteiger partial charge in [0.05, 0.1) is 6.54 Å². The van der Waals surface area contributed by atoms with Crippen molar-refractivity contribution < 1.29 is 14.6 Å². The first-order valence-corrected chi connectivity index (χ1v) is 11.6. The van der Waals surface area contributed by atoms with E-state index in [-0.39, 0.29) is 5.91 Å². The van der Waals surface area contributed by atoms with Crippen LogP contribution in [0.2, 0.25) is 0 Å². The first-order chi connectivity index (χ1) is 15.8. The van der Waals surface area contributed by atoms with Crippen LogP contribution in [-0.4, -0.2) is 45.2 Å². The molecule has 1 aliphatic heterocycles. The SMILES string of the molecule is O=C(C[NH+]1CC[NH+](C/C=C/c2ccccc2)CC1)Nc1ccccc1Cc1ccccc1. The number of hydrogen-bond donors (Lipinski definition) is 3. The smallest absolute Gasteiger partial charge is 0.279 e. The van der Waals surface area contributed by atoms with Crippen LogP contribution < -0.4 is 15.1 Å². The average Bonchev–Trinajstić information content (AvgIpc) is 2.83. The fourth-order valence-corrected chi connectivity index (χ4v) is 4.30. The van der Waals surface area contributed by atoms with E-state index in [0.717, 1.165) is 50.4 Å². The number of amides is 1. The van der Waals surface area contributed by atoms with Gasteiger partial charge in [-0.2, -0.15) is 0 Å². The van der Waals surface area contributed by atoms with Crippen LogP contribution in [0.1, 0.15) is 16.7 Å². The second-order valence-electron chi connectivity index (χ2n) is 8.56. The third-order valence-electron chi connectivity index (χ3n) is 6.12. The first-order valence-electron chi connectivity index (χ1n) is 11.6. The number of carbonyl (C=O) groups excluding carboxylic acids is 1. The minimum atomic E-state index is 0.105. The van der Waals surface area contributed by atoms with Crippen LogP contribution >= 0.6 is 0 Å². The van der Waals surface area contributed by atoms with Crippen molar-refractivity contribution in [2.75, 3.05) is 44.6 Å². The van der Waals surface area contributed by atoms with Gasteiger partial charge in [0.1, 0.15) is 26.2 Å². The molecule has 3 aromatic rings. The predicted octanol–water partition coefficient (Wildman–Crippen LogP) is 1.71. The highest BCUT2D eigenvalue weighted by Gasteiger charge is 2.24. The Balaban J connectivity index is 1.23. The summed E-state index contributed by atoms with van der Waals surface area (Å²) < 4.78 is 0. The van der Waals surface area contributed by atoms with Crippen molar-refractivity contribution >= 4 is 17.7 Å². The van der Waals surface area contributed by atoms with E-state index >= 15 is 0 Å². The zero-order chi connectivity index (χ0) is 22.0. The molecule has 164 valence electrons. The van der Waals surface area contributed by atoms with Crippen molar-refractivity contribution in [3.8, 4) is 0 Å². The molecule has 1 amide bonds. The second kappa shape index (κ2) is 11.4. The summed E-state index contributed by atoms with van der Waals surface area (Å²) in [6.07, 6.45) is 5.29. The van der Waals surface area contributed by atoms with E-state index in [9.17, 15) is 4.79 Å². The Bertz CT molecular complexity index is 1010. The zero-order valence-corrected chi connectivity index (χ0v) is 18.6. The number of anilines is 1. The summed E-state index contributed by atoms with van der Waals surface area (Å²) in [5.41, 5.74) is 4.58.